The largest absolute Gasteiger partial charge is 0.455 e. The van der Waals surface area contributed by atoms with Gasteiger partial charge in [0.05, 0.1) is 11.1 Å². The van der Waals surface area contributed by atoms with Gasteiger partial charge >= 0.3 is 0 Å². The average molecular weight is 338 g/mol. The first-order valence-electron chi connectivity index (χ1n) is 6.14. The fourth-order valence-electron chi connectivity index (χ4n) is 1.60. The van der Waals surface area contributed by atoms with Crippen molar-refractivity contribution in [2.24, 2.45) is 10.2 Å². The Hall–Kier alpha value is -2.23. The maximum absolute atomic E-state index is 11.2. The van der Waals surface area contributed by atoms with E-state index in [2.05, 4.69) is 15.8 Å². The first-order valence-corrected chi connectivity index (χ1v) is 8.09. The molecule has 0 saturated heterocycles. The lowest BCUT2D eigenvalue weighted by atomic mass is 10.2. The van der Waals surface area contributed by atoms with Crippen LogP contribution in [-0.2, 0) is 10.0 Å². The van der Waals surface area contributed by atoms with E-state index in [1.165, 1.54) is 18.3 Å². The molecule has 0 bridgehead atoms. The molecule has 0 saturated carbocycles. The molecule has 1 aromatic heterocycles. The summed E-state index contributed by atoms with van der Waals surface area (Å²) < 4.78 is 28.0. The zero-order valence-electron chi connectivity index (χ0n) is 11.6. The maximum atomic E-state index is 11.2. The molecule has 1 heterocycles. The van der Waals surface area contributed by atoms with Crippen molar-refractivity contribution in [3.05, 3.63) is 42.2 Å². The molecule has 116 valence electrons. The number of hydrogen-bond donors (Lipinski definition) is 3. The van der Waals surface area contributed by atoms with Crippen LogP contribution in [0.1, 0.15) is 5.76 Å². The van der Waals surface area contributed by atoms with E-state index in [-0.39, 0.29) is 4.90 Å². The van der Waals surface area contributed by atoms with E-state index in [0.717, 1.165) is 5.56 Å². The Morgan fingerprint density at radius 2 is 1.95 bits per heavy atom. The number of hydrazone groups is 1. The summed E-state index contributed by atoms with van der Waals surface area (Å²) >= 11 is 4.87. The highest BCUT2D eigenvalue weighted by molar-refractivity contribution is 7.89. The van der Waals surface area contributed by atoms with Gasteiger partial charge in [0.25, 0.3) is 0 Å². The van der Waals surface area contributed by atoms with Crippen molar-refractivity contribution in [3.63, 3.8) is 0 Å². The van der Waals surface area contributed by atoms with E-state index in [0.29, 0.717) is 16.6 Å². The second kappa shape index (κ2) is 6.69. The summed E-state index contributed by atoms with van der Waals surface area (Å²) in [4.78, 5) is 0.0503. The Labute approximate surface area is 133 Å². The van der Waals surface area contributed by atoms with Gasteiger partial charge < -0.3 is 9.73 Å². The number of nitrogens with two attached hydrogens (primary N) is 1. The molecule has 0 aliphatic rings. The fraction of sp³-hybridized carbons (Fsp3) is 0.0769. The molecule has 0 atom stereocenters. The highest BCUT2D eigenvalue weighted by atomic mass is 32.2. The summed E-state index contributed by atoms with van der Waals surface area (Å²) in [6.07, 6.45) is 1.48. The van der Waals surface area contributed by atoms with Crippen LogP contribution in [0.4, 0.5) is 0 Å². The SMILES string of the molecule is CNC(=S)N/N=C\c1ccc(-c2ccc(S(N)(=O)=O)cc2)o1. The monoisotopic (exact) mass is 338 g/mol. The van der Waals surface area contributed by atoms with E-state index in [9.17, 15) is 8.42 Å². The summed E-state index contributed by atoms with van der Waals surface area (Å²) in [5.74, 6) is 1.11. The van der Waals surface area contributed by atoms with Crippen LogP contribution in [-0.4, -0.2) is 26.8 Å². The summed E-state index contributed by atoms with van der Waals surface area (Å²) in [6.45, 7) is 0. The second-order valence-corrected chi connectivity index (χ2v) is 6.19. The van der Waals surface area contributed by atoms with Gasteiger partial charge in [-0.3, -0.25) is 5.43 Å². The van der Waals surface area contributed by atoms with Gasteiger partial charge in [0, 0.05) is 12.6 Å². The summed E-state index contributed by atoms with van der Waals surface area (Å²) in [6, 6.07) is 9.57. The lowest BCUT2D eigenvalue weighted by Gasteiger charge is -2.00. The predicted octanol–water partition coefficient (Wildman–Crippen LogP) is 1.02. The average Bonchev–Trinajstić information content (AvgIpc) is 2.95. The molecule has 0 aliphatic carbocycles. The van der Waals surface area contributed by atoms with Gasteiger partial charge in [0.2, 0.25) is 10.0 Å². The molecule has 9 heteroatoms. The van der Waals surface area contributed by atoms with Crippen molar-refractivity contribution in [2.45, 2.75) is 4.90 Å². The lowest BCUT2D eigenvalue weighted by molar-refractivity contribution is 0.574. The number of thiocarbonyl (C=S) groups is 1. The van der Waals surface area contributed by atoms with Crippen molar-refractivity contribution < 1.29 is 12.8 Å². The van der Waals surface area contributed by atoms with E-state index >= 15 is 0 Å². The highest BCUT2D eigenvalue weighted by Gasteiger charge is 2.09. The van der Waals surface area contributed by atoms with Crippen molar-refractivity contribution in [1.29, 1.82) is 0 Å². The number of sulfonamides is 1. The van der Waals surface area contributed by atoms with Gasteiger partial charge in [-0.05, 0) is 48.6 Å². The topological polar surface area (TPSA) is 110 Å². The minimum absolute atomic E-state index is 0.0503. The van der Waals surface area contributed by atoms with Gasteiger partial charge in [0.15, 0.2) is 5.11 Å². The molecule has 0 spiro atoms. The van der Waals surface area contributed by atoms with E-state index in [4.69, 9.17) is 21.8 Å². The van der Waals surface area contributed by atoms with Gasteiger partial charge in [0.1, 0.15) is 11.5 Å². The van der Waals surface area contributed by atoms with Gasteiger partial charge in [-0.2, -0.15) is 5.10 Å². The third kappa shape index (κ3) is 4.13. The number of hydrogen-bond acceptors (Lipinski definition) is 5. The fourth-order valence-corrected chi connectivity index (χ4v) is 2.16. The predicted molar refractivity (Wildman–Crippen MR) is 87.9 cm³/mol. The van der Waals surface area contributed by atoms with Gasteiger partial charge in [-0.25, -0.2) is 13.6 Å². The number of furan rings is 1. The normalized spacial score (nSPS) is 11.5. The Bertz CT molecular complexity index is 795. The maximum Gasteiger partial charge on any atom is 0.238 e. The molecule has 0 unspecified atom stereocenters. The summed E-state index contributed by atoms with van der Waals surface area (Å²) in [5.41, 5.74) is 3.33. The Morgan fingerprint density at radius 1 is 1.27 bits per heavy atom. The number of rotatable bonds is 4. The molecule has 0 radical (unpaired) electrons. The Balaban J connectivity index is 2.13. The van der Waals surface area contributed by atoms with E-state index in [1.54, 1.807) is 31.3 Å². The van der Waals surface area contributed by atoms with Crippen LogP contribution in [0, 0.1) is 0 Å². The molecular weight excluding hydrogens is 324 g/mol. The van der Waals surface area contributed by atoms with Crippen LogP contribution in [0.5, 0.6) is 0 Å². The molecule has 7 nitrogen and oxygen atoms in total. The minimum atomic E-state index is -3.70. The van der Waals surface area contributed by atoms with E-state index in [1.807, 2.05) is 0 Å². The first kappa shape index (κ1) is 16.1. The van der Waals surface area contributed by atoms with Crippen molar-refractivity contribution in [2.75, 3.05) is 7.05 Å². The standard InChI is InChI=1S/C13H14N4O3S2/c1-15-13(21)17-16-8-10-4-7-12(20-10)9-2-5-11(6-3-9)22(14,18)19/h2-8H,1H3,(H2,14,18,19)(H2,15,17,21)/b16-8-. The van der Waals surface area contributed by atoms with Crippen LogP contribution in [0.25, 0.3) is 11.3 Å². The third-order valence-corrected chi connectivity index (χ3v) is 3.90. The van der Waals surface area contributed by atoms with Crippen molar-refractivity contribution in [3.8, 4) is 11.3 Å². The van der Waals surface area contributed by atoms with Crippen LogP contribution in [0.2, 0.25) is 0 Å². The zero-order chi connectivity index (χ0) is 16.2. The van der Waals surface area contributed by atoms with Crippen LogP contribution in [0.3, 0.4) is 0 Å². The number of primary sulfonamides is 1. The lowest BCUT2D eigenvalue weighted by Crippen LogP contribution is -2.28. The van der Waals surface area contributed by atoms with Crippen LogP contribution >= 0.6 is 12.2 Å². The molecule has 2 rings (SSSR count). The number of nitrogens with one attached hydrogen (secondary N) is 2. The minimum Gasteiger partial charge on any atom is -0.455 e. The Morgan fingerprint density at radius 3 is 2.55 bits per heavy atom. The molecule has 2 aromatic rings. The Kier molecular flexibility index (Phi) is 4.91. The van der Waals surface area contributed by atoms with Crippen LogP contribution < -0.4 is 15.9 Å². The number of benzene rings is 1. The van der Waals surface area contributed by atoms with Crippen molar-refractivity contribution in [1.82, 2.24) is 10.7 Å². The molecule has 22 heavy (non-hydrogen) atoms. The smallest absolute Gasteiger partial charge is 0.238 e. The van der Waals surface area contributed by atoms with E-state index < -0.39 is 10.0 Å². The highest BCUT2D eigenvalue weighted by Crippen LogP contribution is 2.22. The molecule has 4 N–H and O–H groups in total. The zero-order valence-corrected chi connectivity index (χ0v) is 13.2. The molecule has 1 aromatic carbocycles. The quantitative estimate of drug-likeness (QED) is 0.436. The second-order valence-electron chi connectivity index (χ2n) is 4.22. The number of nitrogens with zero attached hydrogens (tertiary/aromatic N) is 1. The molecule has 0 amide bonds. The van der Waals surface area contributed by atoms with Gasteiger partial charge in [-0.1, -0.05) is 0 Å². The summed E-state index contributed by atoms with van der Waals surface area (Å²) in [7, 11) is -2.02. The molecule has 0 aliphatic heterocycles. The first-order chi connectivity index (χ1) is 10.4. The van der Waals surface area contributed by atoms with Crippen LogP contribution in [0.15, 0.2) is 50.8 Å². The van der Waals surface area contributed by atoms with Gasteiger partial charge in [-0.15, -0.1) is 0 Å². The summed E-state index contributed by atoms with van der Waals surface area (Å²) in [5, 5.41) is 12.1. The molecule has 0 fully saturated rings. The van der Waals surface area contributed by atoms with Crippen molar-refractivity contribution >= 4 is 33.6 Å². The third-order valence-electron chi connectivity index (χ3n) is 2.68. The molecular formula is C13H14N4O3S2.